The van der Waals surface area contributed by atoms with Crippen LogP contribution in [0, 0.1) is 6.42 Å². The van der Waals surface area contributed by atoms with Crippen molar-refractivity contribution >= 4 is 10.6 Å². The maximum Gasteiger partial charge on any atom is 0.0760 e. The van der Waals surface area contributed by atoms with Crippen LogP contribution in [-0.2, 0) is 0 Å². The molecule has 0 aliphatic carbocycles. The number of rotatable bonds is 0. The predicted molar refractivity (Wildman–Crippen MR) is 32.9 cm³/mol. The fourth-order valence-corrected chi connectivity index (χ4v) is 2.02. The van der Waals surface area contributed by atoms with E-state index in [1.807, 2.05) is 0 Å². The van der Waals surface area contributed by atoms with Crippen molar-refractivity contribution < 1.29 is 14.2 Å². The summed E-state index contributed by atoms with van der Waals surface area (Å²) in [5, 5.41) is 8.71. The Morgan fingerprint density at radius 1 is 1.50 bits per heavy atom. The van der Waals surface area contributed by atoms with Crippen molar-refractivity contribution in [1.29, 1.82) is 0 Å². The lowest BCUT2D eigenvalue weighted by Crippen LogP contribution is -2.06. The molecule has 1 heterocycles. The van der Waals surface area contributed by atoms with Gasteiger partial charge in [0, 0.05) is 12.2 Å². The number of hydrogen-bond donors (Lipinski definition) is 3. The summed E-state index contributed by atoms with van der Waals surface area (Å²) < 4.78 is 17.6. The van der Waals surface area contributed by atoms with Gasteiger partial charge < -0.3 is 5.11 Å². The van der Waals surface area contributed by atoms with Gasteiger partial charge in [-0.1, -0.05) is 0 Å². The monoisotopic (exact) mass is 137 g/mol. The van der Waals surface area contributed by atoms with Gasteiger partial charge in [0.25, 0.3) is 0 Å². The first-order valence-corrected chi connectivity index (χ1v) is 4.24. The minimum Gasteiger partial charge on any atom is -0.391 e. The highest BCUT2D eigenvalue weighted by atomic mass is 32.3. The first-order valence-electron chi connectivity index (χ1n) is 2.35. The molecule has 1 radical (unpaired) electrons. The van der Waals surface area contributed by atoms with Gasteiger partial charge in [0.2, 0.25) is 0 Å². The van der Waals surface area contributed by atoms with Crippen LogP contribution in [-0.4, -0.2) is 31.8 Å². The van der Waals surface area contributed by atoms with E-state index in [4.69, 9.17) is 14.2 Å². The second kappa shape index (κ2) is 1.88. The van der Waals surface area contributed by atoms with Gasteiger partial charge in [0.1, 0.15) is 0 Å². The van der Waals surface area contributed by atoms with Crippen molar-refractivity contribution in [2.45, 2.75) is 6.10 Å². The van der Waals surface area contributed by atoms with E-state index in [0.29, 0.717) is 0 Å². The number of aliphatic hydroxyl groups is 1. The number of aliphatic hydroxyl groups excluding tert-OH is 1. The standard InChI is InChI=1S/C4H9O3S/c5-4-1-2-8(6,7)3-4/h1,4-7H,2-3H2. The minimum atomic E-state index is -2.40. The molecule has 1 saturated heterocycles. The van der Waals surface area contributed by atoms with Gasteiger partial charge in [-0.25, -0.2) is 0 Å². The molecule has 4 heteroatoms. The van der Waals surface area contributed by atoms with Crippen molar-refractivity contribution in [3.05, 3.63) is 6.42 Å². The van der Waals surface area contributed by atoms with E-state index in [1.165, 1.54) is 6.42 Å². The van der Waals surface area contributed by atoms with Gasteiger partial charge in [0.15, 0.2) is 0 Å². The first kappa shape index (κ1) is 6.35. The second-order valence-corrected chi connectivity index (χ2v) is 4.21. The van der Waals surface area contributed by atoms with Crippen LogP contribution < -0.4 is 0 Å². The van der Waals surface area contributed by atoms with Crippen molar-refractivity contribution in [3.63, 3.8) is 0 Å². The maximum atomic E-state index is 8.81. The smallest absolute Gasteiger partial charge is 0.0760 e. The third-order valence-electron chi connectivity index (χ3n) is 1.07. The van der Waals surface area contributed by atoms with Crippen LogP contribution in [0.1, 0.15) is 0 Å². The first-order chi connectivity index (χ1) is 3.60. The molecule has 1 aliphatic heterocycles. The lowest BCUT2D eigenvalue weighted by molar-refractivity contribution is 0.235. The Morgan fingerprint density at radius 3 is 2.25 bits per heavy atom. The Labute approximate surface area is 49.7 Å². The zero-order valence-electron chi connectivity index (χ0n) is 4.32. The Balaban J connectivity index is 2.44. The molecule has 1 rings (SSSR count). The summed E-state index contributed by atoms with van der Waals surface area (Å²) in [7, 11) is -2.40. The third kappa shape index (κ3) is 1.35. The Kier molecular flexibility index (Phi) is 1.49. The largest absolute Gasteiger partial charge is 0.391 e. The molecule has 0 spiro atoms. The molecular formula is C4H9O3S. The molecule has 8 heavy (non-hydrogen) atoms. The molecule has 1 fully saturated rings. The lowest BCUT2D eigenvalue weighted by atomic mass is 10.3. The van der Waals surface area contributed by atoms with Crippen LogP contribution in [0.2, 0.25) is 0 Å². The molecule has 0 amide bonds. The van der Waals surface area contributed by atoms with E-state index in [2.05, 4.69) is 0 Å². The molecule has 0 bridgehead atoms. The van der Waals surface area contributed by atoms with Gasteiger partial charge in [-0.2, -0.15) is 10.6 Å². The Bertz CT molecular complexity index is 93.3. The highest BCUT2D eigenvalue weighted by molar-refractivity contribution is 8.24. The molecule has 1 aliphatic rings. The summed E-state index contributed by atoms with van der Waals surface area (Å²) >= 11 is 0. The fourth-order valence-electron chi connectivity index (χ4n) is 0.675. The molecule has 3 N–H and O–H groups in total. The van der Waals surface area contributed by atoms with Crippen LogP contribution in [0.25, 0.3) is 0 Å². The van der Waals surface area contributed by atoms with Gasteiger partial charge in [-0.05, 0) is 0 Å². The molecular weight excluding hydrogens is 128 g/mol. The lowest BCUT2D eigenvalue weighted by Gasteiger charge is -2.24. The van der Waals surface area contributed by atoms with Crippen molar-refractivity contribution in [2.75, 3.05) is 11.5 Å². The van der Waals surface area contributed by atoms with Crippen LogP contribution in [0.15, 0.2) is 0 Å². The van der Waals surface area contributed by atoms with E-state index in [9.17, 15) is 0 Å². The summed E-state index contributed by atoms with van der Waals surface area (Å²) in [6, 6.07) is 0. The zero-order valence-corrected chi connectivity index (χ0v) is 5.14. The summed E-state index contributed by atoms with van der Waals surface area (Å²) in [5.74, 6) is 0.390. The molecule has 3 nitrogen and oxygen atoms in total. The third-order valence-corrected chi connectivity index (χ3v) is 2.67. The SMILES string of the molecule is OC1[CH]CS(O)(O)C1. The van der Waals surface area contributed by atoms with E-state index >= 15 is 0 Å². The van der Waals surface area contributed by atoms with Crippen LogP contribution in [0.5, 0.6) is 0 Å². The molecule has 49 valence electrons. The van der Waals surface area contributed by atoms with Crippen molar-refractivity contribution in [1.82, 2.24) is 0 Å². The highest BCUT2D eigenvalue weighted by Gasteiger charge is 2.26. The Hall–Kier alpha value is 0.230. The average Bonchev–Trinajstić information content (AvgIpc) is 1.82. The molecule has 1 unspecified atom stereocenters. The van der Waals surface area contributed by atoms with Crippen molar-refractivity contribution in [2.24, 2.45) is 0 Å². The molecule has 0 aromatic rings. The second-order valence-electron chi connectivity index (χ2n) is 1.94. The van der Waals surface area contributed by atoms with Crippen molar-refractivity contribution in [3.8, 4) is 0 Å². The topological polar surface area (TPSA) is 60.7 Å². The average molecular weight is 137 g/mol. The van der Waals surface area contributed by atoms with E-state index in [0.717, 1.165) is 0 Å². The molecule has 1 atom stereocenters. The minimum absolute atomic E-state index is 0.132. The molecule has 0 aromatic heterocycles. The molecule has 0 aromatic carbocycles. The zero-order chi connectivity index (χ0) is 6.20. The maximum absolute atomic E-state index is 8.81. The quantitative estimate of drug-likeness (QED) is 0.450. The molecule has 0 saturated carbocycles. The summed E-state index contributed by atoms with van der Waals surface area (Å²) in [6.45, 7) is 0. The van der Waals surface area contributed by atoms with Crippen LogP contribution >= 0.6 is 10.6 Å². The van der Waals surface area contributed by atoms with Crippen LogP contribution in [0.4, 0.5) is 0 Å². The predicted octanol–water partition coefficient (Wildman–Crippen LogP) is 0.316. The van der Waals surface area contributed by atoms with Crippen LogP contribution in [0.3, 0.4) is 0 Å². The van der Waals surface area contributed by atoms with Gasteiger partial charge in [-0.3, -0.25) is 9.11 Å². The van der Waals surface area contributed by atoms with Gasteiger partial charge in [0.05, 0.1) is 11.9 Å². The van der Waals surface area contributed by atoms with Gasteiger partial charge >= 0.3 is 0 Å². The van der Waals surface area contributed by atoms with E-state index in [1.54, 1.807) is 0 Å². The number of hydrogen-bond acceptors (Lipinski definition) is 3. The summed E-state index contributed by atoms with van der Waals surface area (Å²) in [5.41, 5.74) is 0. The summed E-state index contributed by atoms with van der Waals surface area (Å²) in [4.78, 5) is 0. The highest BCUT2D eigenvalue weighted by Crippen LogP contribution is 2.44. The normalized spacial score (nSPS) is 39.6. The van der Waals surface area contributed by atoms with E-state index in [-0.39, 0.29) is 11.5 Å². The fraction of sp³-hybridized carbons (Fsp3) is 0.750. The Morgan fingerprint density at radius 2 is 2.12 bits per heavy atom. The van der Waals surface area contributed by atoms with Gasteiger partial charge in [-0.15, -0.1) is 0 Å². The van der Waals surface area contributed by atoms with E-state index < -0.39 is 16.7 Å². The summed E-state index contributed by atoms with van der Waals surface area (Å²) in [6.07, 6.45) is 0.926.